The molecule has 0 spiro atoms. The number of carbonyl (C=O) groups excluding carboxylic acids is 1. The number of anilines is 1. The van der Waals surface area contributed by atoms with Crippen LogP contribution in [0.25, 0.3) is 11.0 Å². The number of piperidine rings is 1. The van der Waals surface area contributed by atoms with E-state index in [9.17, 15) is 13.2 Å². The van der Waals surface area contributed by atoms with Crippen molar-refractivity contribution in [2.24, 2.45) is 0 Å². The molecule has 1 aromatic heterocycles. The minimum atomic E-state index is -3.51. The first kappa shape index (κ1) is 24.2. The van der Waals surface area contributed by atoms with E-state index in [4.69, 9.17) is 9.72 Å². The molecule has 0 unspecified atom stereocenters. The maximum absolute atomic E-state index is 13.1. The number of nitrogens with zero attached hydrogens (tertiary/aromatic N) is 3. The van der Waals surface area contributed by atoms with Crippen molar-refractivity contribution in [1.82, 2.24) is 13.9 Å². The van der Waals surface area contributed by atoms with Crippen LogP contribution < -0.4 is 5.32 Å². The van der Waals surface area contributed by atoms with Crippen LogP contribution in [-0.4, -0.2) is 47.9 Å². The molecule has 0 atom stereocenters. The lowest BCUT2D eigenvalue weighted by molar-refractivity contribution is 0.0505. The van der Waals surface area contributed by atoms with Gasteiger partial charge in [0.1, 0.15) is 5.82 Å². The van der Waals surface area contributed by atoms with Gasteiger partial charge in [0.15, 0.2) is 0 Å². The number of imidazole rings is 1. The van der Waals surface area contributed by atoms with Gasteiger partial charge in [0.2, 0.25) is 10.0 Å². The van der Waals surface area contributed by atoms with Gasteiger partial charge in [-0.1, -0.05) is 13.3 Å². The molecule has 4 rings (SSSR count). The van der Waals surface area contributed by atoms with Crippen molar-refractivity contribution in [2.45, 2.75) is 57.5 Å². The molecule has 1 aliphatic heterocycles. The molecule has 0 saturated carbocycles. The summed E-state index contributed by atoms with van der Waals surface area (Å²) in [7, 11) is -3.51. The van der Waals surface area contributed by atoms with Crippen LogP contribution >= 0.6 is 0 Å². The Morgan fingerprint density at radius 2 is 1.79 bits per heavy atom. The van der Waals surface area contributed by atoms with Crippen LogP contribution in [0, 0.1) is 0 Å². The standard InChI is InChI=1S/C25H32N4O4S/c1-3-16-33-25(30)19-8-10-20(11-9-19)26-18-24-27-22-17-21(12-13-23(22)29(24)4-2)34(31,32)28-14-6-5-7-15-28/h8-13,17,26H,3-7,14-16,18H2,1-2H3. The molecule has 3 aromatic rings. The molecular formula is C25H32N4O4S. The van der Waals surface area contributed by atoms with Gasteiger partial charge in [0.05, 0.1) is 34.6 Å². The molecule has 182 valence electrons. The lowest BCUT2D eigenvalue weighted by Gasteiger charge is -2.25. The van der Waals surface area contributed by atoms with Gasteiger partial charge in [-0.15, -0.1) is 0 Å². The highest BCUT2D eigenvalue weighted by Crippen LogP contribution is 2.25. The Labute approximate surface area is 201 Å². The fourth-order valence-electron chi connectivity index (χ4n) is 4.25. The van der Waals surface area contributed by atoms with Gasteiger partial charge in [-0.05, 0) is 68.7 Å². The van der Waals surface area contributed by atoms with E-state index in [1.165, 1.54) is 0 Å². The van der Waals surface area contributed by atoms with Crippen molar-refractivity contribution < 1.29 is 17.9 Å². The predicted molar refractivity (Wildman–Crippen MR) is 132 cm³/mol. The number of aryl methyl sites for hydroxylation is 1. The molecule has 2 aromatic carbocycles. The van der Waals surface area contributed by atoms with Crippen LogP contribution in [0.5, 0.6) is 0 Å². The van der Waals surface area contributed by atoms with Crippen molar-refractivity contribution in [3.63, 3.8) is 0 Å². The zero-order chi connectivity index (χ0) is 24.1. The minimum Gasteiger partial charge on any atom is -0.462 e. The number of hydrogen-bond acceptors (Lipinski definition) is 6. The van der Waals surface area contributed by atoms with Crippen molar-refractivity contribution >= 4 is 32.7 Å². The predicted octanol–water partition coefficient (Wildman–Crippen LogP) is 4.41. The maximum Gasteiger partial charge on any atom is 0.338 e. The van der Waals surface area contributed by atoms with Crippen molar-refractivity contribution in [2.75, 3.05) is 25.0 Å². The van der Waals surface area contributed by atoms with Crippen molar-refractivity contribution in [3.05, 3.63) is 53.9 Å². The van der Waals surface area contributed by atoms with Crippen LogP contribution in [0.3, 0.4) is 0 Å². The highest BCUT2D eigenvalue weighted by atomic mass is 32.2. The Hall–Kier alpha value is -2.91. The first-order valence-corrected chi connectivity index (χ1v) is 13.4. The van der Waals surface area contributed by atoms with Crippen molar-refractivity contribution in [1.29, 1.82) is 0 Å². The van der Waals surface area contributed by atoms with E-state index in [2.05, 4.69) is 9.88 Å². The molecule has 1 fully saturated rings. The molecule has 1 N–H and O–H groups in total. The molecule has 1 saturated heterocycles. The number of ether oxygens (including phenoxy) is 1. The summed E-state index contributed by atoms with van der Waals surface area (Å²) in [6.07, 6.45) is 3.68. The number of carbonyl (C=O) groups is 1. The summed E-state index contributed by atoms with van der Waals surface area (Å²) >= 11 is 0. The average molecular weight is 485 g/mol. The van der Waals surface area contributed by atoms with Crippen LogP contribution in [0.1, 0.15) is 55.7 Å². The molecule has 34 heavy (non-hydrogen) atoms. The lowest BCUT2D eigenvalue weighted by atomic mass is 10.2. The van der Waals surface area contributed by atoms with Crippen LogP contribution in [0.15, 0.2) is 47.4 Å². The zero-order valence-corrected chi connectivity index (χ0v) is 20.6. The average Bonchev–Trinajstić information content (AvgIpc) is 3.23. The summed E-state index contributed by atoms with van der Waals surface area (Å²) in [5.41, 5.74) is 2.95. The Morgan fingerprint density at radius 1 is 1.06 bits per heavy atom. The summed E-state index contributed by atoms with van der Waals surface area (Å²) in [6.45, 7) is 6.75. The molecule has 0 radical (unpaired) electrons. The Morgan fingerprint density at radius 3 is 2.47 bits per heavy atom. The quantitative estimate of drug-likeness (QED) is 0.452. The Bertz CT molecular complexity index is 1250. The Kier molecular flexibility index (Phi) is 7.53. The van der Waals surface area contributed by atoms with Gasteiger partial charge in [-0.25, -0.2) is 18.2 Å². The van der Waals surface area contributed by atoms with E-state index in [-0.39, 0.29) is 5.97 Å². The number of esters is 1. The van der Waals surface area contributed by atoms with Crippen molar-refractivity contribution in [3.8, 4) is 0 Å². The van der Waals surface area contributed by atoms with E-state index in [0.717, 1.165) is 42.7 Å². The second-order valence-corrected chi connectivity index (χ2v) is 10.4. The van der Waals surface area contributed by atoms with E-state index in [0.29, 0.717) is 48.8 Å². The number of hydrogen-bond donors (Lipinski definition) is 1. The molecule has 0 amide bonds. The van der Waals surface area contributed by atoms with Crippen LogP contribution in [0.2, 0.25) is 0 Å². The highest BCUT2D eigenvalue weighted by molar-refractivity contribution is 7.89. The number of benzene rings is 2. The Balaban J connectivity index is 1.51. The van der Waals surface area contributed by atoms with E-state index in [1.807, 2.05) is 32.0 Å². The fourth-order valence-corrected chi connectivity index (χ4v) is 5.78. The monoisotopic (exact) mass is 484 g/mol. The summed E-state index contributed by atoms with van der Waals surface area (Å²) < 4.78 is 35.0. The van der Waals surface area contributed by atoms with E-state index < -0.39 is 10.0 Å². The SMILES string of the molecule is CCCOC(=O)c1ccc(NCc2nc3cc(S(=O)(=O)N4CCCCC4)ccc3n2CC)cc1. The molecule has 9 heteroatoms. The molecule has 0 aliphatic carbocycles. The summed E-state index contributed by atoms with van der Waals surface area (Å²) in [5, 5.41) is 3.34. The van der Waals surface area contributed by atoms with Gasteiger partial charge < -0.3 is 14.6 Å². The maximum atomic E-state index is 13.1. The van der Waals surface area contributed by atoms with E-state index in [1.54, 1.807) is 28.6 Å². The van der Waals surface area contributed by atoms with Gasteiger partial charge in [0, 0.05) is 25.3 Å². The zero-order valence-electron chi connectivity index (χ0n) is 19.8. The molecule has 2 heterocycles. The van der Waals surface area contributed by atoms with Gasteiger partial charge >= 0.3 is 5.97 Å². The minimum absolute atomic E-state index is 0.299. The largest absolute Gasteiger partial charge is 0.462 e. The summed E-state index contributed by atoms with van der Waals surface area (Å²) in [6, 6.07) is 12.4. The van der Waals surface area contributed by atoms with Crippen LogP contribution in [-0.2, 0) is 27.8 Å². The molecule has 1 aliphatic rings. The fraction of sp³-hybridized carbons (Fsp3) is 0.440. The lowest BCUT2D eigenvalue weighted by Crippen LogP contribution is -2.35. The molecule has 0 bridgehead atoms. The number of rotatable bonds is 9. The van der Waals surface area contributed by atoms with E-state index >= 15 is 0 Å². The first-order chi connectivity index (χ1) is 16.4. The number of sulfonamides is 1. The third kappa shape index (κ3) is 5.10. The third-order valence-electron chi connectivity index (χ3n) is 6.08. The highest BCUT2D eigenvalue weighted by Gasteiger charge is 2.26. The second kappa shape index (κ2) is 10.6. The summed E-state index contributed by atoms with van der Waals surface area (Å²) in [4.78, 5) is 17.0. The number of nitrogens with one attached hydrogen (secondary N) is 1. The van der Waals surface area contributed by atoms with Gasteiger partial charge in [-0.3, -0.25) is 0 Å². The smallest absolute Gasteiger partial charge is 0.338 e. The number of aromatic nitrogens is 2. The first-order valence-electron chi connectivity index (χ1n) is 11.9. The second-order valence-electron chi connectivity index (χ2n) is 8.45. The van der Waals surface area contributed by atoms with Gasteiger partial charge in [-0.2, -0.15) is 4.31 Å². The third-order valence-corrected chi connectivity index (χ3v) is 7.97. The van der Waals surface area contributed by atoms with Crippen LogP contribution in [0.4, 0.5) is 5.69 Å². The summed E-state index contributed by atoms with van der Waals surface area (Å²) in [5.74, 6) is 0.493. The topological polar surface area (TPSA) is 93.5 Å². The van der Waals surface area contributed by atoms with Gasteiger partial charge in [0.25, 0.3) is 0 Å². The molecular weight excluding hydrogens is 452 g/mol. The normalized spacial score (nSPS) is 14.9. The molecule has 8 nitrogen and oxygen atoms in total. The number of fused-ring (bicyclic) bond motifs is 1.